The van der Waals surface area contributed by atoms with Crippen LogP contribution in [0, 0.1) is 13.8 Å². The Morgan fingerprint density at radius 2 is 1.94 bits per heavy atom. The maximum absolute atomic E-state index is 12.3. The molecule has 9 nitrogen and oxygen atoms in total. The molecular formula is C21H16N8OS2. The molecule has 0 aliphatic carbocycles. The van der Waals surface area contributed by atoms with Gasteiger partial charge in [-0.3, -0.25) is 15.1 Å². The first-order chi connectivity index (χ1) is 15.6. The third kappa shape index (κ3) is 3.95. The molecule has 0 radical (unpaired) electrons. The van der Waals surface area contributed by atoms with E-state index >= 15 is 0 Å². The first kappa shape index (κ1) is 20.2. The van der Waals surface area contributed by atoms with Crippen LogP contribution in [-0.4, -0.2) is 40.8 Å². The standard InChI is InChI=1S/C21H16N8OS2/c1-11-5-13(32-20-17-18(25-9-24-17)26-10-27-20)6-12(2)16(11)15-8-31-21(28-15)29-19(30)14-7-22-3-4-23-14/h3-10H,1-2H3,(H,28,29,30)(H,24,25,26,27). The third-order valence-corrected chi connectivity index (χ3v) is 6.42. The highest BCUT2D eigenvalue weighted by molar-refractivity contribution is 7.99. The normalized spacial score (nSPS) is 11.1. The van der Waals surface area contributed by atoms with E-state index in [2.05, 4.69) is 66.2 Å². The predicted octanol–water partition coefficient (Wildman–Crippen LogP) is 4.29. The number of rotatable bonds is 5. The highest BCUT2D eigenvalue weighted by atomic mass is 32.2. The average Bonchev–Trinajstić information content (AvgIpc) is 3.44. The molecule has 5 aromatic rings. The number of aromatic amines is 1. The summed E-state index contributed by atoms with van der Waals surface area (Å²) in [6.07, 6.45) is 7.56. The Bertz CT molecular complexity index is 1410. The third-order valence-electron chi connectivity index (χ3n) is 4.69. The fraction of sp³-hybridized carbons (Fsp3) is 0.0952. The molecule has 0 aliphatic heterocycles. The Morgan fingerprint density at radius 1 is 1.09 bits per heavy atom. The zero-order valence-corrected chi connectivity index (χ0v) is 18.7. The smallest absolute Gasteiger partial charge is 0.277 e. The summed E-state index contributed by atoms with van der Waals surface area (Å²) in [5.41, 5.74) is 5.73. The Labute approximate surface area is 190 Å². The van der Waals surface area contributed by atoms with E-state index in [1.54, 1.807) is 18.1 Å². The number of nitrogens with zero attached hydrogens (tertiary/aromatic N) is 6. The van der Waals surface area contributed by atoms with Crippen LogP contribution in [0.15, 0.2) is 58.7 Å². The van der Waals surface area contributed by atoms with E-state index in [0.29, 0.717) is 10.8 Å². The van der Waals surface area contributed by atoms with Crippen LogP contribution in [0.3, 0.4) is 0 Å². The van der Waals surface area contributed by atoms with Gasteiger partial charge in [0.25, 0.3) is 5.91 Å². The second-order valence-corrected chi connectivity index (χ2v) is 8.82. The van der Waals surface area contributed by atoms with Crippen molar-refractivity contribution in [2.75, 3.05) is 5.32 Å². The van der Waals surface area contributed by atoms with E-state index in [1.165, 1.54) is 36.3 Å². The summed E-state index contributed by atoms with van der Waals surface area (Å²) >= 11 is 2.92. The topological polar surface area (TPSA) is 122 Å². The molecule has 11 heteroatoms. The van der Waals surface area contributed by atoms with Crippen LogP contribution in [0.5, 0.6) is 0 Å². The zero-order chi connectivity index (χ0) is 22.1. The van der Waals surface area contributed by atoms with Crippen molar-refractivity contribution in [2.24, 2.45) is 0 Å². The zero-order valence-electron chi connectivity index (χ0n) is 17.0. The van der Waals surface area contributed by atoms with Gasteiger partial charge in [-0.1, -0.05) is 11.8 Å². The van der Waals surface area contributed by atoms with Crippen molar-refractivity contribution in [3.8, 4) is 11.3 Å². The van der Waals surface area contributed by atoms with Crippen LogP contribution < -0.4 is 5.32 Å². The van der Waals surface area contributed by atoms with Crippen molar-refractivity contribution < 1.29 is 4.79 Å². The number of imidazole rings is 1. The molecule has 0 saturated carbocycles. The lowest BCUT2D eigenvalue weighted by Gasteiger charge is -2.11. The Hall–Kier alpha value is -3.70. The Balaban J connectivity index is 1.39. The van der Waals surface area contributed by atoms with Crippen LogP contribution in [0.2, 0.25) is 0 Å². The van der Waals surface area contributed by atoms with Gasteiger partial charge < -0.3 is 4.98 Å². The minimum Gasteiger partial charge on any atom is -0.341 e. The number of carbonyl (C=O) groups is 1. The number of hydrogen-bond donors (Lipinski definition) is 2. The highest BCUT2D eigenvalue weighted by Crippen LogP contribution is 2.36. The Kier molecular flexibility index (Phi) is 5.33. The molecule has 32 heavy (non-hydrogen) atoms. The summed E-state index contributed by atoms with van der Waals surface area (Å²) < 4.78 is 0. The van der Waals surface area contributed by atoms with Gasteiger partial charge in [-0.2, -0.15) is 0 Å². The molecule has 0 aliphatic rings. The van der Waals surface area contributed by atoms with Crippen LogP contribution >= 0.6 is 23.1 Å². The summed E-state index contributed by atoms with van der Waals surface area (Å²) in [7, 11) is 0. The number of aryl methyl sites for hydroxylation is 2. The van der Waals surface area contributed by atoms with E-state index in [4.69, 9.17) is 0 Å². The average molecular weight is 461 g/mol. The van der Waals surface area contributed by atoms with Crippen molar-refractivity contribution >= 4 is 45.3 Å². The summed E-state index contributed by atoms with van der Waals surface area (Å²) in [6, 6.07) is 4.21. The molecule has 0 unspecified atom stereocenters. The van der Waals surface area contributed by atoms with Gasteiger partial charge in [0, 0.05) is 28.2 Å². The van der Waals surface area contributed by atoms with Gasteiger partial charge in [-0.05, 0) is 37.1 Å². The summed E-state index contributed by atoms with van der Waals surface area (Å²) in [6.45, 7) is 4.10. The number of aromatic nitrogens is 7. The number of fused-ring (bicyclic) bond motifs is 1. The number of hydrogen-bond acceptors (Lipinski definition) is 9. The molecule has 1 amide bonds. The van der Waals surface area contributed by atoms with Crippen molar-refractivity contribution in [1.29, 1.82) is 0 Å². The highest BCUT2D eigenvalue weighted by Gasteiger charge is 2.15. The molecule has 0 fully saturated rings. The van der Waals surface area contributed by atoms with E-state index in [0.717, 1.165) is 37.8 Å². The number of nitrogens with one attached hydrogen (secondary N) is 2. The summed E-state index contributed by atoms with van der Waals surface area (Å²) in [5, 5.41) is 6.05. The molecule has 4 aromatic heterocycles. The van der Waals surface area contributed by atoms with Gasteiger partial charge in [-0.15, -0.1) is 11.3 Å². The molecular weight excluding hydrogens is 444 g/mol. The Morgan fingerprint density at radius 3 is 2.72 bits per heavy atom. The number of benzene rings is 1. The van der Waals surface area contributed by atoms with Gasteiger partial charge in [0.1, 0.15) is 22.6 Å². The van der Waals surface area contributed by atoms with E-state index < -0.39 is 0 Å². The SMILES string of the molecule is Cc1cc(Sc2ncnc3nc[nH]c23)cc(C)c1-c1csc(NC(=O)c2cnccn2)n1. The first-order valence-corrected chi connectivity index (χ1v) is 11.2. The van der Waals surface area contributed by atoms with Crippen molar-refractivity contribution in [3.05, 3.63) is 65.6 Å². The predicted molar refractivity (Wildman–Crippen MR) is 123 cm³/mol. The molecule has 1 aromatic carbocycles. The molecule has 0 saturated heterocycles. The lowest BCUT2D eigenvalue weighted by Crippen LogP contribution is -2.13. The van der Waals surface area contributed by atoms with Crippen molar-refractivity contribution in [2.45, 2.75) is 23.8 Å². The molecule has 0 atom stereocenters. The minimum absolute atomic E-state index is 0.245. The fourth-order valence-corrected chi connectivity index (χ4v) is 5.09. The maximum atomic E-state index is 12.3. The molecule has 158 valence electrons. The van der Waals surface area contributed by atoms with Crippen molar-refractivity contribution in [3.63, 3.8) is 0 Å². The maximum Gasteiger partial charge on any atom is 0.277 e. The molecule has 0 spiro atoms. The quantitative estimate of drug-likeness (QED) is 0.373. The first-order valence-electron chi connectivity index (χ1n) is 9.55. The fourth-order valence-electron chi connectivity index (χ4n) is 3.34. The van der Waals surface area contributed by atoms with Gasteiger partial charge in [-0.25, -0.2) is 24.9 Å². The minimum atomic E-state index is -0.339. The number of carbonyl (C=O) groups excluding carboxylic acids is 1. The summed E-state index contributed by atoms with van der Waals surface area (Å²) in [4.78, 5) is 41.8. The van der Waals surface area contributed by atoms with Gasteiger partial charge >= 0.3 is 0 Å². The second kappa shape index (κ2) is 8.44. The van der Waals surface area contributed by atoms with Crippen LogP contribution in [0.1, 0.15) is 21.6 Å². The van der Waals surface area contributed by atoms with E-state index in [9.17, 15) is 4.79 Å². The molecule has 5 rings (SSSR count). The molecule has 2 N–H and O–H groups in total. The number of thiazole rings is 1. The van der Waals surface area contributed by atoms with Gasteiger partial charge in [0.2, 0.25) is 0 Å². The van der Waals surface area contributed by atoms with Crippen LogP contribution in [-0.2, 0) is 0 Å². The van der Waals surface area contributed by atoms with E-state index in [1.807, 2.05) is 5.38 Å². The molecule has 0 bridgehead atoms. The lowest BCUT2D eigenvalue weighted by atomic mass is 10.0. The van der Waals surface area contributed by atoms with Crippen molar-refractivity contribution in [1.82, 2.24) is 34.9 Å². The number of anilines is 1. The van der Waals surface area contributed by atoms with Crippen LogP contribution in [0.4, 0.5) is 5.13 Å². The lowest BCUT2D eigenvalue weighted by molar-refractivity contribution is 0.102. The largest absolute Gasteiger partial charge is 0.341 e. The monoisotopic (exact) mass is 460 g/mol. The number of amides is 1. The van der Waals surface area contributed by atoms with Gasteiger partial charge in [0.05, 0.1) is 18.2 Å². The van der Waals surface area contributed by atoms with Gasteiger partial charge in [0.15, 0.2) is 10.8 Å². The molecule has 4 heterocycles. The van der Waals surface area contributed by atoms with E-state index in [-0.39, 0.29) is 11.6 Å². The van der Waals surface area contributed by atoms with Crippen LogP contribution in [0.25, 0.3) is 22.4 Å². The second-order valence-electron chi connectivity index (χ2n) is 6.90. The number of H-pyrrole nitrogens is 1. The summed E-state index contributed by atoms with van der Waals surface area (Å²) in [5.74, 6) is -0.339.